The fourth-order valence-corrected chi connectivity index (χ4v) is 2.25. The van der Waals surface area contributed by atoms with Crippen molar-refractivity contribution in [1.82, 2.24) is 5.32 Å². The summed E-state index contributed by atoms with van der Waals surface area (Å²) in [4.78, 5) is 12.1. The third kappa shape index (κ3) is 5.33. The molecule has 0 spiro atoms. The minimum absolute atomic E-state index is 0.121. The molecule has 2 aromatic carbocycles. The van der Waals surface area contributed by atoms with Crippen molar-refractivity contribution in [2.45, 2.75) is 25.9 Å². The smallest absolute Gasteiger partial charge is 0.260 e. The zero-order valence-electron chi connectivity index (χ0n) is 13.6. The third-order valence-corrected chi connectivity index (χ3v) is 3.53. The van der Waals surface area contributed by atoms with E-state index in [9.17, 15) is 4.79 Å². The number of methoxy groups -OCH3 is 1. The lowest BCUT2D eigenvalue weighted by molar-refractivity contribution is -0.127. The molecule has 2 aromatic rings. The SMILES string of the molecule is COc1ccccc1O[C@H](C)C(=O)NCCCc1ccccc1. The molecule has 0 saturated heterocycles. The average molecular weight is 313 g/mol. The highest BCUT2D eigenvalue weighted by atomic mass is 16.5. The number of ether oxygens (including phenoxy) is 2. The zero-order chi connectivity index (χ0) is 16.5. The van der Waals surface area contributed by atoms with Crippen molar-refractivity contribution in [2.75, 3.05) is 13.7 Å². The van der Waals surface area contributed by atoms with Crippen LogP contribution in [0.1, 0.15) is 18.9 Å². The molecule has 122 valence electrons. The second-order valence-electron chi connectivity index (χ2n) is 5.29. The molecule has 0 bridgehead atoms. The maximum absolute atomic E-state index is 12.1. The highest BCUT2D eigenvalue weighted by molar-refractivity contribution is 5.80. The number of carbonyl (C=O) groups excluding carboxylic acids is 1. The van der Waals surface area contributed by atoms with Crippen molar-refractivity contribution < 1.29 is 14.3 Å². The molecular formula is C19H23NO3. The van der Waals surface area contributed by atoms with E-state index in [1.54, 1.807) is 26.2 Å². The average Bonchev–Trinajstić information content (AvgIpc) is 2.60. The van der Waals surface area contributed by atoms with Crippen molar-refractivity contribution >= 4 is 5.91 Å². The van der Waals surface area contributed by atoms with Crippen LogP contribution in [-0.2, 0) is 11.2 Å². The number of benzene rings is 2. The molecule has 2 rings (SSSR count). The first-order valence-electron chi connectivity index (χ1n) is 7.82. The summed E-state index contributed by atoms with van der Waals surface area (Å²) < 4.78 is 10.9. The highest BCUT2D eigenvalue weighted by Gasteiger charge is 2.15. The third-order valence-electron chi connectivity index (χ3n) is 3.53. The molecule has 0 aliphatic heterocycles. The Bertz CT molecular complexity index is 613. The molecule has 0 fully saturated rings. The predicted octanol–water partition coefficient (Wildman–Crippen LogP) is 3.21. The maximum Gasteiger partial charge on any atom is 0.260 e. The van der Waals surface area contributed by atoms with Crippen molar-refractivity contribution in [2.24, 2.45) is 0 Å². The van der Waals surface area contributed by atoms with Gasteiger partial charge in [0, 0.05) is 6.54 Å². The Morgan fingerprint density at radius 1 is 1.04 bits per heavy atom. The van der Waals surface area contributed by atoms with Crippen LogP contribution < -0.4 is 14.8 Å². The van der Waals surface area contributed by atoms with E-state index in [2.05, 4.69) is 17.4 Å². The van der Waals surface area contributed by atoms with Crippen molar-refractivity contribution in [3.63, 3.8) is 0 Å². The largest absolute Gasteiger partial charge is 0.493 e. The fourth-order valence-electron chi connectivity index (χ4n) is 2.25. The Hall–Kier alpha value is -2.49. The molecule has 0 heterocycles. The van der Waals surface area contributed by atoms with Crippen LogP contribution in [0.25, 0.3) is 0 Å². The summed E-state index contributed by atoms with van der Waals surface area (Å²) in [6, 6.07) is 17.5. The van der Waals surface area contributed by atoms with E-state index in [0.29, 0.717) is 18.0 Å². The van der Waals surface area contributed by atoms with Gasteiger partial charge in [-0.3, -0.25) is 4.79 Å². The molecule has 1 atom stereocenters. The summed E-state index contributed by atoms with van der Waals surface area (Å²) in [6.07, 6.45) is 1.28. The Morgan fingerprint density at radius 3 is 2.39 bits per heavy atom. The summed E-state index contributed by atoms with van der Waals surface area (Å²) in [5.74, 6) is 1.07. The lowest BCUT2D eigenvalue weighted by Gasteiger charge is -2.16. The minimum Gasteiger partial charge on any atom is -0.493 e. The molecule has 1 N–H and O–H groups in total. The molecule has 0 aliphatic carbocycles. The Morgan fingerprint density at radius 2 is 1.70 bits per heavy atom. The van der Waals surface area contributed by atoms with Gasteiger partial charge in [0.2, 0.25) is 0 Å². The molecule has 23 heavy (non-hydrogen) atoms. The van der Waals surface area contributed by atoms with Crippen LogP contribution >= 0.6 is 0 Å². The normalized spacial score (nSPS) is 11.6. The van der Waals surface area contributed by atoms with Crippen molar-refractivity contribution in [3.05, 3.63) is 60.2 Å². The lowest BCUT2D eigenvalue weighted by atomic mass is 10.1. The van der Waals surface area contributed by atoms with E-state index in [1.165, 1.54) is 5.56 Å². The molecule has 0 saturated carbocycles. The summed E-state index contributed by atoms with van der Waals surface area (Å²) in [7, 11) is 1.58. The predicted molar refractivity (Wildman–Crippen MR) is 90.9 cm³/mol. The first-order valence-corrected chi connectivity index (χ1v) is 7.82. The first kappa shape index (κ1) is 16.9. The van der Waals surface area contributed by atoms with Crippen LogP contribution in [0.15, 0.2) is 54.6 Å². The second kappa shape index (κ2) is 8.83. The van der Waals surface area contributed by atoms with Crippen LogP contribution in [0.4, 0.5) is 0 Å². The van der Waals surface area contributed by atoms with Gasteiger partial charge >= 0.3 is 0 Å². The van der Waals surface area contributed by atoms with Crippen molar-refractivity contribution in [1.29, 1.82) is 0 Å². The van der Waals surface area contributed by atoms with Gasteiger partial charge in [-0.05, 0) is 37.5 Å². The maximum atomic E-state index is 12.1. The van der Waals surface area contributed by atoms with Crippen LogP contribution in [0.2, 0.25) is 0 Å². The van der Waals surface area contributed by atoms with Gasteiger partial charge in [-0.25, -0.2) is 0 Å². The van der Waals surface area contributed by atoms with E-state index >= 15 is 0 Å². The molecule has 1 amide bonds. The molecule has 0 radical (unpaired) electrons. The van der Waals surface area contributed by atoms with Gasteiger partial charge in [-0.1, -0.05) is 42.5 Å². The molecule has 0 unspecified atom stereocenters. The number of para-hydroxylation sites is 2. The number of hydrogen-bond acceptors (Lipinski definition) is 3. The molecule has 4 nitrogen and oxygen atoms in total. The van der Waals surface area contributed by atoms with Gasteiger partial charge in [0.15, 0.2) is 17.6 Å². The van der Waals surface area contributed by atoms with Crippen LogP contribution in [0.5, 0.6) is 11.5 Å². The van der Waals surface area contributed by atoms with E-state index in [0.717, 1.165) is 12.8 Å². The summed E-state index contributed by atoms with van der Waals surface area (Å²) in [6.45, 7) is 2.37. The van der Waals surface area contributed by atoms with Gasteiger partial charge in [-0.15, -0.1) is 0 Å². The number of carbonyl (C=O) groups is 1. The monoisotopic (exact) mass is 313 g/mol. The van der Waals surface area contributed by atoms with Crippen LogP contribution in [-0.4, -0.2) is 25.7 Å². The number of hydrogen-bond donors (Lipinski definition) is 1. The van der Waals surface area contributed by atoms with Gasteiger partial charge < -0.3 is 14.8 Å². The quantitative estimate of drug-likeness (QED) is 0.761. The van der Waals surface area contributed by atoms with Gasteiger partial charge in [0.1, 0.15) is 0 Å². The topological polar surface area (TPSA) is 47.6 Å². The van der Waals surface area contributed by atoms with E-state index in [4.69, 9.17) is 9.47 Å². The zero-order valence-corrected chi connectivity index (χ0v) is 13.6. The summed E-state index contributed by atoms with van der Waals surface area (Å²) in [5.41, 5.74) is 1.28. The summed E-state index contributed by atoms with van der Waals surface area (Å²) >= 11 is 0. The van der Waals surface area contributed by atoms with Gasteiger partial charge in [0.05, 0.1) is 7.11 Å². The molecule has 4 heteroatoms. The molecular weight excluding hydrogens is 290 g/mol. The minimum atomic E-state index is -0.567. The Balaban J connectivity index is 1.74. The molecule has 0 aliphatic rings. The van der Waals surface area contributed by atoms with E-state index in [1.807, 2.05) is 30.3 Å². The van der Waals surface area contributed by atoms with E-state index < -0.39 is 6.10 Å². The highest BCUT2D eigenvalue weighted by Crippen LogP contribution is 2.26. The Labute approximate surface area is 137 Å². The number of nitrogens with one attached hydrogen (secondary N) is 1. The Kier molecular flexibility index (Phi) is 6.48. The van der Waals surface area contributed by atoms with Crippen LogP contribution in [0.3, 0.4) is 0 Å². The molecule has 0 aromatic heterocycles. The number of rotatable bonds is 8. The first-order chi connectivity index (χ1) is 11.2. The number of aryl methyl sites for hydroxylation is 1. The lowest BCUT2D eigenvalue weighted by Crippen LogP contribution is -2.37. The van der Waals surface area contributed by atoms with Crippen LogP contribution in [0, 0.1) is 0 Å². The van der Waals surface area contributed by atoms with Gasteiger partial charge in [-0.2, -0.15) is 0 Å². The second-order valence-corrected chi connectivity index (χ2v) is 5.29. The number of amides is 1. The summed E-state index contributed by atoms with van der Waals surface area (Å²) in [5, 5.41) is 2.91. The van der Waals surface area contributed by atoms with E-state index in [-0.39, 0.29) is 5.91 Å². The van der Waals surface area contributed by atoms with Crippen molar-refractivity contribution in [3.8, 4) is 11.5 Å². The standard InChI is InChI=1S/C19H23NO3/c1-15(23-18-13-7-6-12-17(18)22-2)19(21)20-14-8-11-16-9-4-3-5-10-16/h3-7,9-10,12-13,15H,8,11,14H2,1-2H3,(H,20,21)/t15-/m1/s1. The fraction of sp³-hybridized carbons (Fsp3) is 0.316. The van der Waals surface area contributed by atoms with Gasteiger partial charge in [0.25, 0.3) is 5.91 Å².